The fourth-order valence-electron chi connectivity index (χ4n) is 3.61. The van der Waals surface area contributed by atoms with Gasteiger partial charge in [-0.1, -0.05) is 6.07 Å². The minimum atomic E-state index is -0.235. The van der Waals surface area contributed by atoms with Gasteiger partial charge in [-0.3, -0.25) is 4.79 Å². The maximum atomic E-state index is 12.8. The number of fused-ring (bicyclic) bond motifs is 1. The van der Waals surface area contributed by atoms with Crippen LogP contribution >= 0.6 is 0 Å². The van der Waals surface area contributed by atoms with Gasteiger partial charge in [-0.2, -0.15) is 0 Å². The van der Waals surface area contributed by atoms with Crippen LogP contribution in [0.4, 0.5) is 0 Å². The Morgan fingerprint density at radius 1 is 1.26 bits per heavy atom. The molecule has 1 atom stereocenters. The monoisotopic (exact) mass is 319 g/mol. The molecule has 0 aliphatic carbocycles. The first-order valence-electron chi connectivity index (χ1n) is 8.05. The minimum Gasteiger partial charge on any atom is -0.486 e. The van der Waals surface area contributed by atoms with Crippen molar-refractivity contribution in [3.05, 3.63) is 23.8 Å². The lowest BCUT2D eigenvalue weighted by Gasteiger charge is -2.52. The molecule has 23 heavy (non-hydrogen) atoms. The lowest BCUT2D eigenvalue weighted by molar-refractivity contribution is -0.181. The lowest BCUT2D eigenvalue weighted by Crippen LogP contribution is -2.67. The zero-order valence-electron chi connectivity index (χ0n) is 13.2. The molecule has 6 heteroatoms. The number of para-hydroxylation sites is 1. The van der Waals surface area contributed by atoms with E-state index in [1.165, 1.54) is 0 Å². The van der Waals surface area contributed by atoms with Crippen molar-refractivity contribution >= 4 is 5.91 Å². The summed E-state index contributed by atoms with van der Waals surface area (Å²) in [4.78, 5) is 14.6. The standard InChI is InChI=1S/C17H21NO5/c1-20-12-5-6-23-17(9-12)10-18(11-17)16(19)13-3-2-4-14-15(13)22-8-7-21-14/h2-4,12H,5-11H2,1H3/t12-/m0/s1. The van der Waals surface area contributed by atoms with Crippen molar-refractivity contribution in [2.24, 2.45) is 0 Å². The number of rotatable bonds is 2. The van der Waals surface area contributed by atoms with Gasteiger partial charge < -0.3 is 23.8 Å². The third-order valence-corrected chi connectivity index (χ3v) is 4.82. The van der Waals surface area contributed by atoms with Gasteiger partial charge in [0.2, 0.25) is 0 Å². The topological polar surface area (TPSA) is 57.2 Å². The number of hydrogen-bond acceptors (Lipinski definition) is 5. The molecule has 0 N–H and O–H groups in total. The Morgan fingerprint density at radius 2 is 2.09 bits per heavy atom. The zero-order valence-corrected chi connectivity index (χ0v) is 13.2. The highest BCUT2D eigenvalue weighted by atomic mass is 16.6. The molecule has 1 aromatic carbocycles. The molecule has 0 bridgehead atoms. The van der Waals surface area contributed by atoms with Crippen LogP contribution in [0.1, 0.15) is 23.2 Å². The summed E-state index contributed by atoms with van der Waals surface area (Å²) in [6.07, 6.45) is 1.99. The quantitative estimate of drug-likeness (QED) is 0.826. The van der Waals surface area contributed by atoms with Crippen LogP contribution < -0.4 is 9.47 Å². The number of amides is 1. The van der Waals surface area contributed by atoms with Crippen molar-refractivity contribution < 1.29 is 23.7 Å². The van der Waals surface area contributed by atoms with Crippen LogP contribution in [-0.2, 0) is 9.47 Å². The van der Waals surface area contributed by atoms with E-state index in [0.717, 1.165) is 12.8 Å². The van der Waals surface area contributed by atoms with E-state index in [0.29, 0.717) is 50.0 Å². The fraction of sp³-hybridized carbons (Fsp3) is 0.588. The summed E-state index contributed by atoms with van der Waals surface area (Å²) in [5, 5.41) is 0. The maximum absolute atomic E-state index is 12.8. The average Bonchev–Trinajstić information content (AvgIpc) is 2.58. The van der Waals surface area contributed by atoms with Crippen molar-refractivity contribution in [3.8, 4) is 11.5 Å². The number of nitrogens with zero attached hydrogens (tertiary/aromatic N) is 1. The van der Waals surface area contributed by atoms with Crippen molar-refractivity contribution in [1.82, 2.24) is 4.90 Å². The van der Waals surface area contributed by atoms with Crippen LogP contribution in [0, 0.1) is 0 Å². The van der Waals surface area contributed by atoms with Crippen LogP contribution in [0.25, 0.3) is 0 Å². The molecule has 0 saturated carbocycles. The van der Waals surface area contributed by atoms with E-state index in [4.69, 9.17) is 18.9 Å². The molecule has 2 fully saturated rings. The van der Waals surface area contributed by atoms with Gasteiger partial charge >= 0.3 is 0 Å². The molecule has 1 aromatic rings. The molecular formula is C17H21NO5. The van der Waals surface area contributed by atoms with E-state index in [2.05, 4.69) is 0 Å². The molecule has 1 spiro atoms. The number of likely N-dealkylation sites (tertiary alicyclic amines) is 1. The average molecular weight is 319 g/mol. The first-order chi connectivity index (χ1) is 11.2. The molecule has 0 unspecified atom stereocenters. The van der Waals surface area contributed by atoms with Gasteiger partial charge in [0.25, 0.3) is 5.91 Å². The van der Waals surface area contributed by atoms with Crippen molar-refractivity contribution in [2.75, 3.05) is 40.0 Å². The molecule has 6 nitrogen and oxygen atoms in total. The molecule has 0 aromatic heterocycles. The van der Waals surface area contributed by atoms with E-state index >= 15 is 0 Å². The SMILES string of the molecule is CO[C@H]1CCOC2(C1)CN(C(=O)c1cccc3c1OCCO3)C2. The summed E-state index contributed by atoms with van der Waals surface area (Å²) in [7, 11) is 1.73. The Morgan fingerprint density at radius 3 is 2.91 bits per heavy atom. The van der Waals surface area contributed by atoms with E-state index in [-0.39, 0.29) is 17.6 Å². The van der Waals surface area contributed by atoms with Gasteiger partial charge in [0.05, 0.1) is 24.8 Å². The first-order valence-corrected chi connectivity index (χ1v) is 8.05. The van der Waals surface area contributed by atoms with E-state index in [9.17, 15) is 4.79 Å². The molecule has 3 heterocycles. The minimum absolute atomic E-state index is 0.0267. The van der Waals surface area contributed by atoms with Gasteiger partial charge in [-0.15, -0.1) is 0 Å². The van der Waals surface area contributed by atoms with Gasteiger partial charge in [-0.25, -0.2) is 0 Å². The predicted octanol–water partition coefficient (Wildman–Crippen LogP) is 1.48. The summed E-state index contributed by atoms with van der Waals surface area (Å²) in [6, 6.07) is 5.45. The molecule has 3 aliphatic heterocycles. The third-order valence-electron chi connectivity index (χ3n) is 4.82. The summed E-state index contributed by atoms with van der Waals surface area (Å²) in [6.45, 7) is 2.90. The third kappa shape index (κ3) is 2.56. The Bertz CT molecular complexity index is 611. The van der Waals surface area contributed by atoms with E-state index in [1.54, 1.807) is 13.2 Å². The largest absolute Gasteiger partial charge is 0.486 e. The Labute approximate surface area is 135 Å². The summed E-state index contributed by atoms with van der Waals surface area (Å²) < 4.78 is 22.6. The van der Waals surface area contributed by atoms with Gasteiger partial charge in [0.15, 0.2) is 11.5 Å². The second-order valence-corrected chi connectivity index (χ2v) is 6.37. The Hall–Kier alpha value is -1.79. The summed E-state index contributed by atoms with van der Waals surface area (Å²) in [5.74, 6) is 1.18. The number of benzene rings is 1. The molecule has 2 saturated heterocycles. The lowest BCUT2D eigenvalue weighted by atomic mass is 9.84. The molecular weight excluding hydrogens is 298 g/mol. The van der Waals surface area contributed by atoms with Crippen LogP contribution in [0.3, 0.4) is 0 Å². The maximum Gasteiger partial charge on any atom is 0.257 e. The number of methoxy groups -OCH3 is 1. The van der Waals surface area contributed by atoms with Crippen LogP contribution in [0.5, 0.6) is 11.5 Å². The first kappa shape index (κ1) is 14.8. The van der Waals surface area contributed by atoms with Crippen LogP contribution in [-0.4, -0.2) is 62.5 Å². The van der Waals surface area contributed by atoms with Crippen LogP contribution in [0.2, 0.25) is 0 Å². The number of carbonyl (C=O) groups is 1. The normalized spacial score (nSPS) is 25.1. The van der Waals surface area contributed by atoms with Gasteiger partial charge in [-0.05, 0) is 18.6 Å². The number of ether oxygens (including phenoxy) is 4. The smallest absolute Gasteiger partial charge is 0.257 e. The predicted molar refractivity (Wildman–Crippen MR) is 82.0 cm³/mol. The number of carbonyl (C=O) groups excluding carboxylic acids is 1. The van der Waals surface area contributed by atoms with E-state index < -0.39 is 0 Å². The molecule has 3 aliphatic rings. The number of hydrogen-bond donors (Lipinski definition) is 0. The summed E-state index contributed by atoms with van der Waals surface area (Å²) in [5.41, 5.74) is 0.331. The van der Waals surface area contributed by atoms with Crippen LogP contribution in [0.15, 0.2) is 18.2 Å². The molecule has 1 amide bonds. The van der Waals surface area contributed by atoms with Gasteiger partial charge in [0.1, 0.15) is 18.8 Å². The highest BCUT2D eigenvalue weighted by Crippen LogP contribution is 2.39. The second kappa shape index (κ2) is 5.69. The second-order valence-electron chi connectivity index (χ2n) is 6.37. The van der Waals surface area contributed by atoms with Crippen molar-refractivity contribution in [2.45, 2.75) is 24.5 Å². The molecule has 4 rings (SSSR count). The highest BCUT2D eigenvalue weighted by molar-refractivity contribution is 5.98. The molecule has 124 valence electrons. The van der Waals surface area contributed by atoms with Crippen molar-refractivity contribution in [3.63, 3.8) is 0 Å². The fourth-order valence-corrected chi connectivity index (χ4v) is 3.61. The summed E-state index contributed by atoms with van der Waals surface area (Å²) >= 11 is 0. The molecule has 0 radical (unpaired) electrons. The van der Waals surface area contributed by atoms with Gasteiger partial charge in [0, 0.05) is 20.1 Å². The highest BCUT2D eigenvalue weighted by Gasteiger charge is 2.50. The Balaban J connectivity index is 1.48. The zero-order chi connectivity index (χ0) is 15.9. The Kier molecular flexibility index (Phi) is 3.66. The van der Waals surface area contributed by atoms with Crippen molar-refractivity contribution in [1.29, 1.82) is 0 Å². The van der Waals surface area contributed by atoms with E-state index in [1.807, 2.05) is 17.0 Å².